The first-order valence-corrected chi connectivity index (χ1v) is 8.89. The van der Waals surface area contributed by atoms with E-state index in [9.17, 15) is 4.79 Å². The summed E-state index contributed by atoms with van der Waals surface area (Å²) in [5.74, 6) is 0.723. The minimum atomic E-state index is -0.0290. The number of carbonyl (C=O) groups excluding carboxylic acids is 1. The van der Waals surface area contributed by atoms with Crippen LogP contribution in [0, 0.1) is 0 Å². The molecule has 2 heterocycles. The standard InChI is InChI=1S/C16H17BrClN5O/c17-12-2-3-14(13(18)10-12)21-15(24)11-22-6-8-23(9-7-22)16-19-4-1-5-20-16/h1-5,10H,6-9,11H2,(H,21,24)/p+1. The van der Waals surface area contributed by atoms with Crippen molar-refractivity contribution in [1.82, 2.24) is 9.97 Å². The molecule has 0 aliphatic carbocycles. The van der Waals surface area contributed by atoms with E-state index in [1.807, 2.05) is 12.1 Å². The van der Waals surface area contributed by atoms with E-state index in [-0.39, 0.29) is 5.91 Å². The minimum Gasteiger partial charge on any atom is -0.330 e. The Kier molecular flexibility index (Phi) is 5.65. The lowest BCUT2D eigenvalue weighted by Crippen LogP contribution is -3.15. The fraction of sp³-hybridized carbons (Fsp3) is 0.312. The molecule has 1 aliphatic heterocycles. The molecular formula is C16H18BrClN5O+. The van der Waals surface area contributed by atoms with Crippen LogP contribution in [0.15, 0.2) is 41.1 Å². The highest BCUT2D eigenvalue weighted by molar-refractivity contribution is 9.10. The van der Waals surface area contributed by atoms with Crippen LogP contribution in [0.4, 0.5) is 11.6 Å². The Balaban J connectivity index is 1.50. The van der Waals surface area contributed by atoms with Gasteiger partial charge in [0.15, 0.2) is 6.54 Å². The number of anilines is 2. The van der Waals surface area contributed by atoms with Crippen LogP contribution in [0.5, 0.6) is 0 Å². The Bertz CT molecular complexity index is 707. The molecule has 2 aromatic rings. The van der Waals surface area contributed by atoms with Crippen molar-refractivity contribution in [3.8, 4) is 0 Å². The zero-order chi connectivity index (χ0) is 16.9. The average molecular weight is 412 g/mol. The summed E-state index contributed by atoms with van der Waals surface area (Å²) in [5, 5.41) is 3.40. The molecule has 6 nitrogen and oxygen atoms in total. The summed E-state index contributed by atoms with van der Waals surface area (Å²) in [4.78, 5) is 24.2. The third-order valence-electron chi connectivity index (χ3n) is 3.92. The van der Waals surface area contributed by atoms with Crippen molar-refractivity contribution in [2.75, 3.05) is 42.9 Å². The van der Waals surface area contributed by atoms with Gasteiger partial charge in [-0.3, -0.25) is 4.79 Å². The Morgan fingerprint density at radius 2 is 2.00 bits per heavy atom. The summed E-state index contributed by atoms with van der Waals surface area (Å²) in [5.41, 5.74) is 0.639. The number of hydrogen-bond donors (Lipinski definition) is 2. The number of halogens is 2. The van der Waals surface area contributed by atoms with E-state index >= 15 is 0 Å². The molecule has 2 N–H and O–H groups in total. The molecule has 1 aromatic carbocycles. The number of piperazine rings is 1. The third-order valence-corrected chi connectivity index (χ3v) is 4.73. The van der Waals surface area contributed by atoms with Gasteiger partial charge in [0.05, 0.1) is 36.9 Å². The predicted octanol–water partition coefficient (Wildman–Crippen LogP) is 1.24. The Morgan fingerprint density at radius 3 is 2.67 bits per heavy atom. The Morgan fingerprint density at radius 1 is 1.29 bits per heavy atom. The molecule has 1 aromatic heterocycles. The summed E-state index contributed by atoms with van der Waals surface area (Å²) >= 11 is 9.48. The number of rotatable bonds is 4. The lowest BCUT2D eigenvalue weighted by atomic mass is 10.3. The van der Waals surface area contributed by atoms with E-state index in [2.05, 4.69) is 36.1 Å². The summed E-state index contributed by atoms with van der Waals surface area (Å²) in [6.45, 7) is 3.85. The molecule has 0 unspecified atom stereocenters. The van der Waals surface area contributed by atoms with E-state index in [1.54, 1.807) is 24.5 Å². The van der Waals surface area contributed by atoms with Gasteiger partial charge in [-0.1, -0.05) is 27.5 Å². The monoisotopic (exact) mass is 410 g/mol. The van der Waals surface area contributed by atoms with Gasteiger partial charge in [-0.15, -0.1) is 0 Å². The number of nitrogens with zero attached hydrogens (tertiary/aromatic N) is 3. The molecule has 0 saturated carbocycles. The molecule has 126 valence electrons. The second-order valence-electron chi connectivity index (χ2n) is 5.63. The predicted molar refractivity (Wildman–Crippen MR) is 97.6 cm³/mol. The summed E-state index contributed by atoms with van der Waals surface area (Å²) in [6, 6.07) is 7.22. The Hall–Kier alpha value is -1.70. The van der Waals surface area contributed by atoms with Gasteiger partial charge in [-0.2, -0.15) is 0 Å². The summed E-state index contributed by atoms with van der Waals surface area (Å²) in [6.07, 6.45) is 3.49. The van der Waals surface area contributed by atoms with Crippen LogP contribution < -0.4 is 15.1 Å². The van der Waals surface area contributed by atoms with Crippen molar-refractivity contribution in [2.24, 2.45) is 0 Å². The number of carbonyl (C=O) groups is 1. The van der Waals surface area contributed by atoms with E-state index in [0.29, 0.717) is 17.3 Å². The maximum atomic E-state index is 12.2. The van der Waals surface area contributed by atoms with Gasteiger partial charge in [-0.05, 0) is 24.3 Å². The molecule has 8 heteroatoms. The SMILES string of the molecule is O=C(C[NH+]1CCN(c2ncccn2)CC1)Nc1ccc(Br)cc1Cl. The van der Waals surface area contributed by atoms with Gasteiger partial charge in [0.1, 0.15) is 0 Å². The number of hydrogen-bond acceptors (Lipinski definition) is 4. The van der Waals surface area contributed by atoms with Crippen molar-refractivity contribution in [1.29, 1.82) is 0 Å². The van der Waals surface area contributed by atoms with Crippen molar-refractivity contribution in [3.05, 3.63) is 46.2 Å². The third kappa shape index (κ3) is 4.43. The maximum Gasteiger partial charge on any atom is 0.279 e. The molecular weight excluding hydrogens is 394 g/mol. The fourth-order valence-electron chi connectivity index (χ4n) is 2.67. The normalized spacial score (nSPS) is 15.3. The van der Waals surface area contributed by atoms with Gasteiger partial charge < -0.3 is 15.1 Å². The van der Waals surface area contributed by atoms with Crippen LogP contribution in [-0.4, -0.2) is 48.6 Å². The first kappa shape index (κ1) is 17.1. The maximum absolute atomic E-state index is 12.2. The second-order valence-corrected chi connectivity index (χ2v) is 6.96. The van der Waals surface area contributed by atoms with Crippen LogP contribution in [0.1, 0.15) is 0 Å². The van der Waals surface area contributed by atoms with Crippen LogP contribution in [-0.2, 0) is 4.79 Å². The number of quaternary nitrogens is 1. The summed E-state index contributed by atoms with van der Waals surface area (Å²) < 4.78 is 0.885. The van der Waals surface area contributed by atoms with Crippen LogP contribution >= 0.6 is 27.5 Å². The zero-order valence-corrected chi connectivity index (χ0v) is 15.3. The van der Waals surface area contributed by atoms with Crippen LogP contribution in [0.25, 0.3) is 0 Å². The number of benzene rings is 1. The van der Waals surface area contributed by atoms with Crippen molar-refractivity contribution < 1.29 is 9.69 Å². The lowest BCUT2D eigenvalue weighted by Gasteiger charge is -2.31. The first-order valence-electron chi connectivity index (χ1n) is 7.72. The van der Waals surface area contributed by atoms with Gasteiger partial charge in [0.2, 0.25) is 5.95 Å². The van der Waals surface area contributed by atoms with Gasteiger partial charge >= 0.3 is 0 Å². The highest BCUT2D eigenvalue weighted by Gasteiger charge is 2.23. The van der Waals surface area contributed by atoms with Crippen LogP contribution in [0.3, 0.4) is 0 Å². The van der Waals surface area contributed by atoms with E-state index in [4.69, 9.17) is 11.6 Å². The first-order chi connectivity index (χ1) is 11.6. The molecule has 0 spiro atoms. The number of amides is 1. The molecule has 1 aliphatic rings. The quantitative estimate of drug-likeness (QED) is 0.794. The van der Waals surface area contributed by atoms with E-state index < -0.39 is 0 Å². The largest absolute Gasteiger partial charge is 0.330 e. The highest BCUT2D eigenvalue weighted by Crippen LogP contribution is 2.25. The average Bonchev–Trinajstić information content (AvgIpc) is 2.59. The van der Waals surface area contributed by atoms with Gasteiger partial charge in [-0.25, -0.2) is 9.97 Å². The molecule has 24 heavy (non-hydrogen) atoms. The van der Waals surface area contributed by atoms with Crippen molar-refractivity contribution >= 4 is 45.1 Å². The fourth-order valence-corrected chi connectivity index (χ4v) is 3.39. The molecule has 3 rings (SSSR count). The van der Waals surface area contributed by atoms with Crippen LogP contribution in [0.2, 0.25) is 5.02 Å². The van der Waals surface area contributed by atoms with Crippen molar-refractivity contribution in [3.63, 3.8) is 0 Å². The zero-order valence-electron chi connectivity index (χ0n) is 13.0. The van der Waals surface area contributed by atoms with Gasteiger partial charge in [0.25, 0.3) is 5.91 Å². The molecule has 0 radical (unpaired) electrons. The molecule has 1 saturated heterocycles. The number of nitrogens with one attached hydrogen (secondary N) is 2. The number of aromatic nitrogens is 2. The highest BCUT2D eigenvalue weighted by atomic mass is 79.9. The minimum absolute atomic E-state index is 0.0290. The van der Waals surface area contributed by atoms with E-state index in [1.165, 1.54) is 4.90 Å². The topological polar surface area (TPSA) is 62.6 Å². The molecule has 0 atom stereocenters. The Labute approximate surface area is 154 Å². The van der Waals surface area contributed by atoms with Gasteiger partial charge in [0, 0.05) is 16.9 Å². The van der Waals surface area contributed by atoms with Crippen molar-refractivity contribution in [2.45, 2.75) is 0 Å². The van der Waals surface area contributed by atoms with E-state index in [0.717, 1.165) is 36.6 Å². The molecule has 1 amide bonds. The smallest absolute Gasteiger partial charge is 0.279 e. The lowest BCUT2D eigenvalue weighted by molar-refractivity contribution is -0.892. The molecule has 1 fully saturated rings. The summed E-state index contributed by atoms with van der Waals surface area (Å²) in [7, 11) is 0. The second kappa shape index (κ2) is 7.92. The molecule has 0 bridgehead atoms.